The van der Waals surface area contributed by atoms with Gasteiger partial charge in [0.25, 0.3) is 0 Å². The molecule has 0 aliphatic rings. The molecule has 130 valence electrons. The van der Waals surface area contributed by atoms with Gasteiger partial charge in [0.1, 0.15) is 11.1 Å². The van der Waals surface area contributed by atoms with Crippen molar-refractivity contribution in [2.24, 2.45) is 0 Å². The van der Waals surface area contributed by atoms with Crippen molar-refractivity contribution < 1.29 is 0 Å². The SMILES string of the molecule is Cc1ccc(-c2csc(C(C#N)=Cc3cccc4ccccc34)n2)cc1C. The van der Waals surface area contributed by atoms with Crippen LogP contribution in [0.4, 0.5) is 0 Å². The summed E-state index contributed by atoms with van der Waals surface area (Å²) < 4.78 is 0. The van der Waals surface area contributed by atoms with Gasteiger partial charge < -0.3 is 0 Å². The zero-order valence-corrected chi connectivity index (χ0v) is 16.0. The average molecular weight is 366 g/mol. The quantitative estimate of drug-likeness (QED) is 0.381. The largest absolute Gasteiger partial charge is 0.235 e. The van der Waals surface area contributed by atoms with Crippen LogP contribution < -0.4 is 0 Å². The lowest BCUT2D eigenvalue weighted by molar-refractivity contribution is 1.32. The van der Waals surface area contributed by atoms with Gasteiger partial charge in [0, 0.05) is 10.9 Å². The van der Waals surface area contributed by atoms with Crippen LogP contribution in [-0.4, -0.2) is 4.98 Å². The van der Waals surface area contributed by atoms with E-state index < -0.39 is 0 Å². The monoisotopic (exact) mass is 366 g/mol. The van der Waals surface area contributed by atoms with Crippen molar-refractivity contribution in [2.45, 2.75) is 13.8 Å². The third-order valence-electron chi connectivity index (χ3n) is 4.78. The minimum Gasteiger partial charge on any atom is -0.235 e. The second kappa shape index (κ2) is 7.19. The predicted molar refractivity (Wildman–Crippen MR) is 114 cm³/mol. The Bertz CT molecular complexity index is 1200. The molecule has 0 unspecified atom stereocenters. The first-order valence-corrected chi connectivity index (χ1v) is 9.67. The normalized spacial score (nSPS) is 11.5. The lowest BCUT2D eigenvalue weighted by Gasteiger charge is -2.03. The molecule has 4 aromatic rings. The second-order valence-corrected chi connectivity index (χ2v) is 7.43. The van der Waals surface area contributed by atoms with Crippen LogP contribution in [0.5, 0.6) is 0 Å². The molecule has 4 rings (SSSR count). The van der Waals surface area contributed by atoms with E-state index in [0.29, 0.717) is 5.57 Å². The van der Waals surface area contributed by atoms with E-state index in [1.807, 2.05) is 35.7 Å². The number of aromatic nitrogens is 1. The Morgan fingerprint density at radius 1 is 1.00 bits per heavy atom. The van der Waals surface area contributed by atoms with Crippen LogP contribution in [0.15, 0.2) is 66.0 Å². The summed E-state index contributed by atoms with van der Waals surface area (Å²) in [6, 6.07) is 23.0. The van der Waals surface area contributed by atoms with Gasteiger partial charge in [-0.2, -0.15) is 5.26 Å². The first-order valence-electron chi connectivity index (χ1n) is 8.79. The Morgan fingerprint density at radius 2 is 1.81 bits per heavy atom. The van der Waals surface area contributed by atoms with E-state index in [-0.39, 0.29) is 0 Å². The molecule has 0 saturated carbocycles. The van der Waals surface area contributed by atoms with Crippen molar-refractivity contribution >= 4 is 33.8 Å². The molecule has 0 atom stereocenters. The molecule has 0 fully saturated rings. The first kappa shape index (κ1) is 17.2. The molecule has 0 radical (unpaired) electrons. The summed E-state index contributed by atoms with van der Waals surface area (Å²) in [5.74, 6) is 0. The smallest absolute Gasteiger partial charge is 0.134 e. The summed E-state index contributed by atoms with van der Waals surface area (Å²) in [4.78, 5) is 4.73. The maximum absolute atomic E-state index is 9.72. The van der Waals surface area contributed by atoms with Crippen LogP contribution >= 0.6 is 11.3 Å². The molecular weight excluding hydrogens is 348 g/mol. The van der Waals surface area contributed by atoms with Crippen molar-refractivity contribution in [3.05, 3.63) is 87.7 Å². The number of allylic oxidation sites excluding steroid dienone is 1. The number of fused-ring (bicyclic) bond motifs is 1. The predicted octanol–water partition coefficient (Wildman–Crippen LogP) is 6.64. The zero-order chi connectivity index (χ0) is 18.8. The van der Waals surface area contributed by atoms with Crippen LogP contribution in [0.1, 0.15) is 21.7 Å². The van der Waals surface area contributed by atoms with Crippen molar-refractivity contribution in [2.75, 3.05) is 0 Å². The fraction of sp³-hybridized carbons (Fsp3) is 0.0833. The van der Waals surface area contributed by atoms with E-state index in [9.17, 15) is 5.26 Å². The van der Waals surface area contributed by atoms with Gasteiger partial charge in [-0.3, -0.25) is 0 Å². The number of hydrogen-bond donors (Lipinski definition) is 0. The summed E-state index contributed by atoms with van der Waals surface area (Å²) in [7, 11) is 0. The Kier molecular flexibility index (Phi) is 4.58. The maximum Gasteiger partial charge on any atom is 0.134 e. The minimum atomic E-state index is 0.589. The van der Waals surface area contributed by atoms with E-state index in [1.165, 1.54) is 27.8 Å². The Morgan fingerprint density at radius 3 is 2.63 bits per heavy atom. The van der Waals surface area contributed by atoms with Crippen LogP contribution in [0.2, 0.25) is 0 Å². The highest BCUT2D eigenvalue weighted by atomic mass is 32.1. The summed E-state index contributed by atoms with van der Waals surface area (Å²) in [6.07, 6.45) is 1.94. The molecule has 0 aliphatic carbocycles. The third kappa shape index (κ3) is 3.40. The molecule has 0 amide bonds. The number of benzene rings is 3. The molecule has 3 heteroatoms. The van der Waals surface area contributed by atoms with Crippen LogP contribution in [0.3, 0.4) is 0 Å². The average Bonchev–Trinajstić information content (AvgIpc) is 3.18. The van der Waals surface area contributed by atoms with Crippen LogP contribution in [0.25, 0.3) is 33.7 Å². The number of hydrogen-bond acceptors (Lipinski definition) is 3. The molecule has 0 bridgehead atoms. The number of nitriles is 1. The molecule has 1 aromatic heterocycles. The van der Waals surface area contributed by atoms with Crippen molar-refractivity contribution in [3.63, 3.8) is 0 Å². The zero-order valence-electron chi connectivity index (χ0n) is 15.2. The third-order valence-corrected chi connectivity index (χ3v) is 5.66. The fourth-order valence-corrected chi connectivity index (χ4v) is 3.90. The molecular formula is C24H18N2S. The molecule has 0 spiro atoms. The summed E-state index contributed by atoms with van der Waals surface area (Å²) in [5, 5.41) is 14.8. The summed E-state index contributed by atoms with van der Waals surface area (Å²) >= 11 is 1.51. The van der Waals surface area contributed by atoms with E-state index in [0.717, 1.165) is 27.2 Å². The molecule has 27 heavy (non-hydrogen) atoms. The maximum atomic E-state index is 9.72. The molecule has 2 nitrogen and oxygen atoms in total. The Hall–Kier alpha value is -3.22. The fourth-order valence-electron chi connectivity index (χ4n) is 3.10. The summed E-state index contributed by atoms with van der Waals surface area (Å²) in [5.41, 5.74) is 6.14. The number of thiazole rings is 1. The van der Waals surface area contributed by atoms with Gasteiger partial charge in [-0.05, 0) is 53.5 Å². The number of nitrogens with zero attached hydrogens (tertiary/aromatic N) is 2. The molecule has 1 heterocycles. The standard InChI is InChI=1S/C24H18N2S/c1-16-10-11-20(12-17(16)2)23-15-27-24(26-23)21(14-25)13-19-8-5-7-18-6-3-4-9-22(18)19/h3-13,15H,1-2H3. The van der Waals surface area contributed by atoms with E-state index in [2.05, 4.69) is 56.3 Å². The summed E-state index contributed by atoms with van der Waals surface area (Å²) in [6.45, 7) is 4.21. The molecule has 3 aromatic carbocycles. The van der Waals surface area contributed by atoms with E-state index in [4.69, 9.17) is 4.98 Å². The Balaban J connectivity index is 1.75. The van der Waals surface area contributed by atoms with Crippen LogP contribution in [0, 0.1) is 25.2 Å². The van der Waals surface area contributed by atoms with Gasteiger partial charge >= 0.3 is 0 Å². The lowest BCUT2D eigenvalue weighted by atomic mass is 10.0. The van der Waals surface area contributed by atoms with Gasteiger partial charge in [0.2, 0.25) is 0 Å². The highest BCUT2D eigenvalue weighted by Gasteiger charge is 2.10. The van der Waals surface area contributed by atoms with E-state index in [1.54, 1.807) is 0 Å². The van der Waals surface area contributed by atoms with Crippen molar-refractivity contribution in [3.8, 4) is 17.3 Å². The van der Waals surface area contributed by atoms with Gasteiger partial charge in [-0.1, -0.05) is 54.6 Å². The lowest BCUT2D eigenvalue weighted by Crippen LogP contribution is -1.86. The molecule has 0 N–H and O–H groups in total. The number of rotatable bonds is 3. The number of aryl methyl sites for hydroxylation is 2. The topological polar surface area (TPSA) is 36.7 Å². The first-order chi connectivity index (χ1) is 13.2. The molecule has 0 aliphatic heterocycles. The minimum absolute atomic E-state index is 0.589. The highest BCUT2D eigenvalue weighted by Crippen LogP contribution is 2.29. The van der Waals surface area contributed by atoms with Crippen molar-refractivity contribution in [1.29, 1.82) is 5.26 Å². The van der Waals surface area contributed by atoms with Gasteiger partial charge in [-0.15, -0.1) is 11.3 Å². The van der Waals surface area contributed by atoms with Gasteiger partial charge in [0.15, 0.2) is 0 Å². The van der Waals surface area contributed by atoms with Gasteiger partial charge in [0.05, 0.1) is 11.3 Å². The molecule has 0 saturated heterocycles. The van der Waals surface area contributed by atoms with Crippen molar-refractivity contribution in [1.82, 2.24) is 4.98 Å². The van der Waals surface area contributed by atoms with E-state index >= 15 is 0 Å². The second-order valence-electron chi connectivity index (χ2n) is 6.58. The highest BCUT2D eigenvalue weighted by molar-refractivity contribution is 7.11. The van der Waals surface area contributed by atoms with Gasteiger partial charge in [-0.25, -0.2) is 4.98 Å². The Labute approximate surface area is 163 Å². The van der Waals surface area contributed by atoms with Crippen LogP contribution in [-0.2, 0) is 0 Å².